The van der Waals surface area contributed by atoms with Crippen LogP contribution >= 0.6 is 0 Å². The van der Waals surface area contributed by atoms with Crippen molar-refractivity contribution < 1.29 is 0 Å². The molecule has 0 fully saturated rings. The van der Waals surface area contributed by atoms with Crippen LogP contribution in [0.25, 0.3) is 0 Å². The normalized spacial score (nSPS) is 12.6. The molecule has 1 rings (SSSR count). The summed E-state index contributed by atoms with van der Waals surface area (Å²) < 4.78 is 1.85. The maximum atomic E-state index is 5.50. The molecule has 3 N–H and O–H groups in total. The van der Waals surface area contributed by atoms with E-state index in [1.807, 2.05) is 24.9 Å². The van der Waals surface area contributed by atoms with Gasteiger partial charge >= 0.3 is 0 Å². The molecule has 1 aromatic heterocycles. The van der Waals surface area contributed by atoms with Crippen LogP contribution in [-0.4, -0.2) is 9.78 Å². The lowest BCUT2D eigenvalue weighted by molar-refractivity contribution is 0.644. The van der Waals surface area contributed by atoms with E-state index in [1.165, 1.54) is 5.57 Å². The molecule has 1 unspecified atom stereocenters. The summed E-state index contributed by atoms with van der Waals surface area (Å²) in [4.78, 5) is 0. The Kier molecular flexibility index (Phi) is 3.43. The smallest absolute Gasteiger partial charge is 0.0676 e. The zero-order valence-electron chi connectivity index (χ0n) is 9.20. The summed E-state index contributed by atoms with van der Waals surface area (Å²) in [6, 6.07) is 0.0497. The third-order valence-corrected chi connectivity index (χ3v) is 2.29. The molecule has 0 saturated heterocycles. The van der Waals surface area contributed by atoms with Crippen LogP contribution in [0.1, 0.15) is 31.1 Å². The van der Waals surface area contributed by atoms with E-state index in [4.69, 9.17) is 5.84 Å². The van der Waals surface area contributed by atoms with Crippen molar-refractivity contribution in [2.24, 2.45) is 12.9 Å². The first-order valence-electron chi connectivity index (χ1n) is 4.66. The molecule has 0 amide bonds. The molecule has 0 spiro atoms. The van der Waals surface area contributed by atoms with E-state index in [9.17, 15) is 0 Å². The Balaban J connectivity index is 3.01. The summed E-state index contributed by atoms with van der Waals surface area (Å²) in [5.41, 5.74) is 6.26. The van der Waals surface area contributed by atoms with Gasteiger partial charge in [0.2, 0.25) is 0 Å². The van der Waals surface area contributed by atoms with Crippen LogP contribution in [0.15, 0.2) is 17.8 Å². The molecule has 0 saturated carbocycles. The Hall–Kier alpha value is -1.13. The van der Waals surface area contributed by atoms with Gasteiger partial charge in [-0.15, -0.1) is 0 Å². The summed E-state index contributed by atoms with van der Waals surface area (Å²) in [5, 5.41) is 4.18. The maximum Gasteiger partial charge on any atom is 0.0676 e. The lowest BCUT2D eigenvalue weighted by Gasteiger charge is -2.11. The highest BCUT2D eigenvalue weighted by molar-refractivity contribution is 5.25. The van der Waals surface area contributed by atoms with Gasteiger partial charge in [-0.3, -0.25) is 10.5 Å². The first-order valence-corrected chi connectivity index (χ1v) is 4.66. The Labute approximate surface area is 84.8 Å². The Morgan fingerprint density at radius 1 is 1.64 bits per heavy atom. The highest BCUT2D eigenvalue weighted by atomic mass is 15.3. The van der Waals surface area contributed by atoms with Gasteiger partial charge in [-0.25, -0.2) is 5.43 Å². The fourth-order valence-electron chi connectivity index (χ4n) is 1.38. The number of hydrogen-bond donors (Lipinski definition) is 2. The van der Waals surface area contributed by atoms with Crippen LogP contribution in [0.2, 0.25) is 0 Å². The number of allylic oxidation sites excluding steroid dienone is 1. The number of nitrogens with one attached hydrogen (secondary N) is 1. The number of nitrogens with two attached hydrogens (primary N) is 1. The van der Waals surface area contributed by atoms with Crippen molar-refractivity contribution in [1.29, 1.82) is 0 Å². The average molecular weight is 194 g/mol. The predicted molar refractivity (Wildman–Crippen MR) is 57.4 cm³/mol. The Morgan fingerprint density at radius 3 is 2.64 bits per heavy atom. The number of nitrogens with zero attached hydrogens (tertiary/aromatic N) is 2. The summed E-state index contributed by atoms with van der Waals surface area (Å²) in [5.74, 6) is 5.50. The van der Waals surface area contributed by atoms with Gasteiger partial charge < -0.3 is 0 Å². The fraction of sp³-hybridized carbons (Fsp3) is 0.500. The average Bonchev–Trinajstić information content (AvgIpc) is 2.44. The summed E-state index contributed by atoms with van der Waals surface area (Å²) in [7, 11) is 1.93. The second kappa shape index (κ2) is 4.39. The van der Waals surface area contributed by atoms with Gasteiger partial charge in [0, 0.05) is 18.3 Å². The monoisotopic (exact) mass is 194 g/mol. The standard InChI is InChI=1S/C10H18N4/c1-7(2)5-10(13-11)9-6-12-14(4)8(9)3/h5-6,10,13H,11H2,1-4H3. The molecular weight excluding hydrogens is 176 g/mol. The summed E-state index contributed by atoms with van der Waals surface area (Å²) >= 11 is 0. The molecule has 1 heterocycles. The SMILES string of the molecule is CC(C)=CC(NN)c1cnn(C)c1C. The van der Waals surface area contributed by atoms with Crippen molar-refractivity contribution in [1.82, 2.24) is 15.2 Å². The van der Waals surface area contributed by atoms with E-state index >= 15 is 0 Å². The molecule has 78 valence electrons. The molecule has 0 radical (unpaired) electrons. The molecule has 4 heteroatoms. The lowest BCUT2D eigenvalue weighted by atomic mass is 10.1. The molecule has 1 atom stereocenters. The zero-order valence-corrected chi connectivity index (χ0v) is 9.20. The minimum absolute atomic E-state index is 0.0497. The van der Waals surface area contributed by atoms with Crippen LogP contribution < -0.4 is 11.3 Å². The number of aromatic nitrogens is 2. The largest absolute Gasteiger partial charge is 0.273 e. The van der Waals surface area contributed by atoms with Crippen LogP contribution in [0.4, 0.5) is 0 Å². The molecule has 0 bridgehead atoms. The third kappa shape index (κ3) is 2.21. The van der Waals surface area contributed by atoms with Crippen molar-refractivity contribution in [2.75, 3.05) is 0 Å². The second-order valence-corrected chi connectivity index (χ2v) is 3.70. The molecule has 0 aromatic carbocycles. The molecule has 14 heavy (non-hydrogen) atoms. The molecule has 4 nitrogen and oxygen atoms in total. The first kappa shape index (κ1) is 10.9. The van der Waals surface area contributed by atoms with Gasteiger partial charge in [-0.1, -0.05) is 11.6 Å². The zero-order chi connectivity index (χ0) is 10.7. The van der Waals surface area contributed by atoms with Crippen molar-refractivity contribution in [3.05, 3.63) is 29.1 Å². The molecular formula is C10H18N4. The highest BCUT2D eigenvalue weighted by Gasteiger charge is 2.12. The Morgan fingerprint density at radius 2 is 2.29 bits per heavy atom. The molecule has 0 aliphatic rings. The highest BCUT2D eigenvalue weighted by Crippen LogP contribution is 2.18. The number of hydrogen-bond acceptors (Lipinski definition) is 3. The van der Waals surface area contributed by atoms with E-state index in [1.54, 1.807) is 0 Å². The van der Waals surface area contributed by atoms with Crippen molar-refractivity contribution >= 4 is 0 Å². The molecule has 0 aliphatic carbocycles. The summed E-state index contributed by atoms with van der Waals surface area (Å²) in [6.45, 7) is 6.14. The molecule has 0 aliphatic heterocycles. The van der Waals surface area contributed by atoms with E-state index in [-0.39, 0.29) is 6.04 Å². The van der Waals surface area contributed by atoms with Crippen molar-refractivity contribution in [2.45, 2.75) is 26.8 Å². The Bertz CT molecular complexity index is 334. The van der Waals surface area contributed by atoms with Gasteiger partial charge in [0.1, 0.15) is 0 Å². The van der Waals surface area contributed by atoms with Crippen LogP contribution in [0.5, 0.6) is 0 Å². The minimum Gasteiger partial charge on any atom is -0.273 e. The number of rotatable bonds is 3. The van der Waals surface area contributed by atoms with Crippen molar-refractivity contribution in [3.63, 3.8) is 0 Å². The lowest BCUT2D eigenvalue weighted by Crippen LogP contribution is -2.27. The third-order valence-electron chi connectivity index (χ3n) is 2.29. The topological polar surface area (TPSA) is 55.9 Å². The van der Waals surface area contributed by atoms with Crippen molar-refractivity contribution in [3.8, 4) is 0 Å². The summed E-state index contributed by atoms with van der Waals surface area (Å²) in [6.07, 6.45) is 3.93. The van der Waals surface area contributed by atoms with Crippen LogP contribution in [-0.2, 0) is 7.05 Å². The number of hydrazine groups is 1. The van der Waals surface area contributed by atoms with Gasteiger partial charge in [-0.05, 0) is 20.8 Å². The van der Waals surface area contributed by atoms with E-state index in [0.29, 0.717) is 0 Å². The fourth-order valence-corrected chi connectivity index (χ4v) is 1.38. The quantitative estimate of drug-likeness (QED) is 0.432. The second-order valence-electron chi connectivity index (χ2n) is 3.70. The van der Waals surface area contributed by atoms with Gasteiger partial charge in [-0.2, -0.15) is 5.10 Å². The predicted octanol–water partition coefficient (Wildman–Crippen LogP) is 1.20. The number of aryl methyl sites for hydroxylation is 1. The maximum absolute atomic E-state index is 5.50. The van der Waals surface area contributed by atoms with Crippen LogP contribution in [0.3, 0.4) is 0 Å². The minimum atomic E-state index is 0.0497. The molecule has 1 aromatic rings. The van der Waals surface area contributed by atoms with E-state index in [0.717, 1.165) is 11.3 Å². The van der Waals surface area contributed by atoms with Gasteiger partial charge in [0.15, 0.2) is 0 Å². The van der Waals surface area contributed by atoms with E-state index < -0.39 is 0 Å². The first-order chi connectivity index (χ1) is 6.56. The van der Waals surface area contributed by atoms with Gasteiger partial charge in [0.25, 0.3) is 0 Å². The van der Waals surface area contributed by atoms with Crippen LogP contribution in [0, 0.1) is 6.92 Å². The van der Waals surface area contributed by atoms with E-state index in [2.05, 4.69) is 30.4 Å². The van der Waals surface area contributed by atoms with Gasteiger partial charge in [0.05, 0.1) is 12.2 Å².